The Morgan fingerprint density at radius 2 is 1.75 bits per heavy atom. The van der Waals surface area contributed by atoms with Crippen molar-refractivity contribution in [2.75, 3.05) is 0 Å². The highest BCUT2D eigenvalue weighted by atomic mass is 35.5. The van der Waals surface area contributed by atoms with Crippen molar-refractivity contribution in [1.82, 2.24) is 4.98 Å². The maximum Gasteiger partial charge on any atom is 0.354 e. The average molecular weight is 328 g/mol. The van der Waals surface area contributed by atoms with E-state index in [0.29, 0.717) is 14.9 Å². The van der Waals surface area contributed by atoms with Crippen LogP contribution in [0.25, 0.3) is 0 Å². The molecule has 4 nitrogen and oxygen atoms in total. The van der Waals surface area contributed by atoms with Gasteiger partial charge in [-0.25, -0.2) is 9.78 Å². The van der Waals surface area contributed by atoms with E-state index in [1.807, 2.05) is 0 Å². The summed E-state index contributed by atoms with van der Waals surface area (Å²) in [4.78, 5) is 27.2. The van der Waals surface area contributed by atoms with Crippen LogP contribution < -0.4 is 0 Å². The van der Waals surface area contributed by atoms with Crippen LogP contribution >= 0.6 is 35.0 Å². The van der Waals surface area contributed by atoms with Crippen LogP contribution in [0, 0.1) is 0 Å². The van der Waals surface area contributed by atoms with Crippen LogP contribution in [0.4, 0.5) is 0 Å². The summed E-state index contributed by atoms with van der Waals surface area (Å²) in [5, 5.41) is 9.21. The first-order valence-corrected chi connectivity index (χ1v) is 6.92. The van der Waals surface area contributed by atoms with Gasteiger partial charge in [0.25, 0.3) is 0 Å². The summed E-state index contributed by atoms with van der Waals surface area (Å²) in [5.74, 6) is -1.18. The van der Waals surface area contributed by atoms with Crippen LogP contribution in [0.15, 0.2) is 41.3 Å². The summed E-state index contributed by atoms with van der Waals surface area (Å²) < 4.78 is 0. The van der Waals surface area contributed by atoms with E-state index in [4.69, 9.17) is 28.3 Å². The Morgan fingerprint density at radius 1 is 1.05 bits per heavy atom. The third kappa shape index (κ3) is 3.50. The summed E-state index contributed by atoms with van der Waals surface area (Å²) in [6, 6.07) is 9.05. The first kappa shape index (κ1) is 14.8. The van der Waals surface area contributed by atoms with E-state index in [0.717, 1.165) is 11.8 Å². The van der Waals surface area contributed by atoms with E-state index in [9.17, 15) is 9.59 Å². The largest absolute Gasteiger partial charge is 0.477 e. The number of rotatable bonds is 3. The Morgan fingerprint density at radius 3 is 2.40 bits per heavy atom. The number of hydrogen-bond donors (Lipinski definition) is 1. The van der Waals surface area contributed by atoms with E-state index in [2.05, 4.69) is 4.98 Å². The number of thioether (sulfide) groups is 1. The van der Waals surface area contributed by atoms with Crippen LogP contribution in [0.5, 0.6) is 0 Å². The molecule has 0 atom stereocenters. The smallest absolute Gasteiger partial charge is 0.354 e. The highest BCUT2D eigenvalue weighted by Crippen LogP contribution is 2.29. The first-order chi connectivity index (χ1) is 9.47. The Kier molecular flexibility index (Phi) is 4.65. The molecule has 1 aromatic carbocycles. The van der Waals surface area contributed by atoms with Gasteiger partial charge in [-0.15, -0.1) is 0 Å². The zero-order valence-electron chi connectivity index (χ0n) is 9.84. The summed E-state index contributed by atoms with van der Waals surface area (Å²) in [6.07, 6.45) is 0. The lowest BCUT2D eigenvalue weighted by Crippen LogP contribution is -2.05. The molecule has 2 aromatic rings. The lowest BCUT2D eigenvalue weighted by atomic mass is 10.3. The van der Waals surface area contributed by atoms with Crippen LogP contribution in [0.2, 0.25) is 10.0 Å². The molecule has 1 N–H and O–H groups in total. The van der Waals surface area contributed by atoms with E-state index in [1.54, 1.807) is 18.2 Å². The molecule has 0 saturated carbocycles. The minimum Gasteiger partial charge on any atom is -0.477 e. The number of benzene rings is 1. The Labute approximate surface area is 128 Å². The number of hydrogen-bond acceptors (Lipinski definition) is 4. The molecule has 0 aliphatic carbocycles. The number of carboxylic acids is 1. The number of halogens is 2. The van der Waals surface area contributed by atoms with Crippen molar-refractivity contribution in [2.24, 2.45) is 0 Å². The highest BCUT2D eigenvalue weighted by molar-refractivity contribution is 8.14. The second-order valence-corrected chi connectivity index (χ2v) is 5.54. The van der Waals surface area contributed by atoms with Gasteiger partial charge in [-0.2, -0.15) is 0 Å². The molecule has 0 radical (unpaired) electrons. The molecule has 7 heteroatoms. The number of carboxylic acid groups (broad SMARTS) is 1. The van der Waals surface area contributed by atoms with Crippen molar-refractivity contribution >= 4 is 46.0 Å². The molecule has 0 bridgehead atoms. The fourth-order valence-corrected chi connectivity index (χ4v) is 2.48. The van der Waals surface area contributed by atoms with Gasteiger partial charge in [-0.3, -0.25) is 4.79 Å². The van der Waals surface area contributed by atoms with Crippen LogP contribution in [0.3, 0.4) is 0 Å². The zero-order valence-corrected chi connectivity index (χ0v) is 12.2. The molecule has 0 saturated heterocycles. The van der Waals surface area contributed by atoms with Crippen molar-refractivity contribution < 1.29 is 14.7 Å². The zero-order chi connectivity index (χ0) is 14.7. The lowest BCUT2D eigenvalue weighted by Gasteiger charge is -2.03. The number of aromatic nitrogens is 1. The molecule has 20 heavy (non-hydrogen) atoms. The summed E-state index contributed by atoms with van der Waals surface area (Å²) in [6.45, 7) is 0. The maximum absolute atomic E-state index is 12.0. The second-order valence-electron chi connectivity index (χ2n) is 3.68. The van der Waals surface area contributed by atoms with Crippen LogP contribution in [0.1, 0.15) is 21.0 Å². The summed E-state index contributed by atoms with van der Waals surface area (Å²) in [5.41, 5.74) is -0.105. The van der Waals surface area contributed by atoms with Crippen LogP contribution in [-0.4, -0.2) is 21.2 Å². The molecule has 102 valence electrons. The van der Waals surface area contributed by atoms with Gasteiger partial charge in [0.2, 0.25) is 5.12 Å². The number of carbonyl (C=O) groups is 2. The minimum atomic E-state index is -1.18. The van der Waals surface area contributed by atoms with E-state index < -0.39 is 5.97 Å². The van der Waals surface area contributed by atoms with Crippen LogP contribution in [-0.2, 0) is 0 Å². The molecular formula is C13H7Cl2NO3S. The summed E-state index contributed by atoms with van der Waals surface area (Å²) >= 11 is 12.5. The van der Waals surface area contributed by atoms with Gasteiger partial charge in [0.1, 0.15) is 11.4 Å². The lowest BCUT2D eigenvalue weighted by molar-refractivity contribution is 0.0690. The predicted molar refractivity (Wildman–Crippen MR) is 77.8 cm³/mol. The van der Waals surface area contributed by atoms with Crippen molar-refractivity contribution in [2.45, 2.75) is 4.90 Å². The minimum absolute atomic E-state index is 0.0703. The molecule has 2 rings (SSSR count). The Balaban J connectivity index is 2.21. The van der Waals surface area contributed by atoms with Gasteiger partial charge in [0.05, 0.1) is 10.0 Å². The molecule has 0 aliphatic rings. The van der Waals surface area contributed by atoms with E-state index >= 15 is 0 Å². The fourth-order valence-electron chi connectivity index (χ4n) is 1.37. The molecule has 0 aliphatic heterocycles. The molecule has 0 unspecified atom stereocenters. The third-order valence-corrected chi connectivity index (χ3v) is 3.90. The molecule has 0 spiro atoms. The first-order valence-electron chi connectivity index (χ1n) is 5.35. The second kappa shape index (κ2) is 6.26. The average Bonchev–Trinajstić information content (AvgIpc) is 2.43. The van der Waals surface area contributed by atoms with Gasteiger partial charge in [0, 0.05) is 4.90 Å². The van der Waals surface area contributed by atoms with Gasteiger partial charge >= 0.3 is 5.97 Å². The maximum atomic E-state index is 12.0. The Hall–Kier alpha value is -1.56. The van der Waals surface area contributed by atoms with Crippen molar-refractivity contribution in [1.29, 1.82) is 0 Å². The molecular weight excluding hydrogens is 321 g/mol. The molecule has 0 fully saturated rings. The van der Waals surface area contributed by atoms with Gasteiger partial charge in [-0.1, -0.05) is 29.3 Å². The SMILES string of the molecule is O=C(O)c1cccc(C(=O)Sc2ccc(Cl)c(Cl)c2)n1. The summed E-state index contributed by atoms with van der Waals surface area (Å²) in [7, 11) is 0. The van der Waals surface area contributed by atoms with Gasteiger partial charge in [-0.05, 0) is 42.1 Å². The van der Waals surface area contributed by atoms with Crippen molar-refractivity contribution in [3.63, 3.8) is 0 Å². The molecule has 0 amide bonds. The quantitative estimate of drug-likeness (QED) is 0.862. The number of pyridine rings is 1. The number of aromatic carboxylic acids is 1. The third-order valence-electron chi connectivity index (χ3n) is 2.28. The number of carbonyl (C=O) groups excluding carboxylic acids is 1. The fraction of sp³-hybridized carbons (Fsp3) is 0. The highest BCUT2D eigenvalue weighted by Gasteiger charge is 2.13. The van der Waals surface area contributed by atoms with Crippen molar-refractivity contribution in [3.05, 3.63) is 57.8 Å². The van der Waals surface area contributed by atoms with Gasteiger partial charge < -0.3 is 5.11 Å². The predicted octanol–water partition coefficient (Wildman–Crippen LogP) is 4.02. The monoisotopic (exact) mass is 327 g/mol. The number of nitrogens with zero attached hydrogens (tertiary/aromatic N) is 1. The van der Waals surface area contributed by atoms with E-state index in [1.165, 1.54) is 18.2 Å². The topological polar surface area (TPSA) is 67.3 Å². The Bertz CT molecular complexity index is 691. The molecule has 1 aromatic heterocycles. The standard InChI is InChI=1S/C13H7Cl2NO3S/c14-8-5-4-7(6-9(8)15)20-13(19)11-3-1-2-10(16-11)12(17)18/h1-6H,(H,17,18). The van der Waals surface area contributed by atoms with Crippen molar-refractivity contribution in [3.8, 4) is 0 Å². The van der Waals surface area contributed by atoms with Gasteiger partial charge in [0.15, 0.2) is 0 Å². The molecule has 1 heterocycles. The normalized spacial score (nSPS) is 10.3. The van der Waals surface area contributed by atoms with E-state index in [-0.39, 0.29) is 16.5 Å².